The summed E-state index contributed by atoms with van der Waals surface area (Å²) in [5.41, 5.74) is 0.126. The summed E-state index contributed by atoms with van der Waals surface area (Å²) in [5.74, 6) is 1.64. The Kier molecular flexibility index (Phi) is 6.82. The van der Waals surface area contributed by atoms with Crippen LogP contribution in [0.25, 0.3) is 11.0 Å². The average Bonchev–Trinajstić information content (AvgIpc) is 2.67. The van der Waals surface area contributed by atoms with Gasteiger partial charge < -0.3 is 23.7 Å². The fraction of sp³-hybridized carbons (Fsp3) is 0.348. The Morgan fingerprint density at radius 3 is 2.37 bits per heavy atom. The van der Waals surface area contributed by atoms with E-state index in [0.29, 0.717) is 45.8 Å². The van der Waals surface area contributed by atoms with Gasteiger partial charge in [-0.25, -0.2) is 0 Å². The maximum Gasteiger partial charge on any atom is 0.204 e. The van der Waals surface area contributed by atoms with Crippen LogP contribution in [0.3, 0.4) is 0 Å². The van der Waals surface area contributed by atoms with E-state index in [1.807, 2.05) is 27.7 Å². The van der Waals surface area contributed by atoms with Crippen LogP contribution in [-0.4, -0.2) is 24.9 Å². The molecule has 1 heterocycles. The predicted molar refractivity (Wildman–Crippen MR) is 117 cm³/mol. The SMILES string of the molecule is COc1c(OCC(C)C)cc2oc(Sc3ccc(O)cc3)cc(=O)c2c1OC(C)C. The maximum absolute atomic E-state index is 13.0. The fourth-order valence-corrected chi connectivity index (χ4v) is 3.61. The van der Waals surface area contributed by atoms with Gasteiger partial charge in [-0.2, -0.15) is 0 Å². The number of ether oxygens (including phenoxy) is 3. The van der Waals surface area contributed by atoms with Gasteiger partial charge in [0.25, 0.3) is 0 Å². The summed E-state index contributed by atoms with van der Waals surface area (Å²) >= 11 is 1.29. The number of benzene rings is 2. The molecule has 1 N–H and O–H groups in total. The number of methoxy groups -OCH3 is 1. The molecule has 0 saturated heterocycles. The molecule has 0 bridgehead atoms. The summed E-state index contributed by atoms with van der Waals surface area (Å²) in [6.45, 7) is 8.33. The van der Waals surface area contributed by atoms with E-state index in [4.69, 9.17) is 18.6 Å². The first-order chi connectivity index (χ1) is 14.3. The van der Waals surface area contributed by atoms with Gasteiger partial charge in [0.05, 0.1) is 19.8 Å². The quantitative estimate of drug-likeness (QED) is 0.507. The lowest BCUT2D eigenvalue weighted by molar-refractivity contribution is 0.220. The molecule has 0 aliphatic carbocycles. The van der Waals surface area contributed by atoms with Crippen molar-refractivity contribution < 1.29 is 23.7 Å². The first kappa shape index (κ1) is 21.9. The van der Waals surface area contributed by atoms with Crippen LogP contribution in [0.15, 0.2) is 55.6 Å². The lowest BCUT2D eigenvalue weighted by Gasteiger charge is -2.19. The normalized spacial score (nSPS) is 11.3. The standard InChI is InChI=1S/C23H26O6S/c1-13(2)12-27-19-11-18-21(23(22(19)26-5)28-14(3)4)17(25)10-20(29-18)30-16-8-6-15(24)7-9-16/h6-11,13-14,24H,12H2,1-5H3. The number of rotatable bonds is 8. The largest absolute Gasteiger partial charge is 0.508 e. The minimum absolute atomic E-state index is 0.173. The Labute approximate surface area is 179 Å². The van der Waals surface area contributed by atoms with Gasteiger partial charge >= 0.3 is 0 Å². The molecule has 30 heavy (non-hydrogen) atoms. The van der Waals surface area contributed by atoms with Gasteiger partial charge in [0, 0.05) is 17.0 Å². The number of aromatic hydroxyl groups is 1. The molecule has 0 spiro atoms. The second-order valence-corrected chi connectivity index (χ2v) is 8.59. The van der Waals surface area contributed by atoms with Crippen LogP contribution >= 0.6 is 11.8 Å². The van der Waals surface area contributed by atoms with Gasteiger partial charge in [-0.15, -0.1) is 0 Å². The lowest BCUT2D eigenvalue weighted by atomic mass is 10.1. The number of phenolic OH excluding ortho intramolecular Hbond substituents is 1. The second kappa shape index (κ2) is 9.34. The van der Waals surface area contributed by atoms with Crippen molar-refractivity contribution >= 4 is 22.7 Å². The van der Waals surface area contributed by atoms with Crippen molar-refractivity contribution in [2.75, 3.05) is 13.7 Å². The minimum Gasteiger partial charge on any atom is -0.508 e. The van der Waals surface area contributed by atoms with Gasteiger partial charge in [0.2, 0.25) is 5.75 Å². The molecule has 0 aliphatic heterocycles. The minimum atomic E-state index is -0.234. The van der Waals surface area contributed by atoms with Crippen molar-refractivity contribution in [1.82, 2.24) is 0 Å². The molecule has 2 aromatic carbocycles. The van der Waals surface area contributed by atoms with Crippen LogP contribution in [-0.2, 0) is 0 Å². The first-order valence-electron chi connectivity index (χ1n) is 9.73. The Morgan fingerprint density at radius 2 is 1.77 bits per heavy atom. The summed E-state index contributed by atoms with van der Waals surface area (Å²) in [5, 5.41) is 10.2. The van der Waals surface area contributed by atoms with Crippen LogP contribution in [0, 0.1) is 5.92 Å². The molecule has 0 amide bonds. The molecule has 160 valence electrons. The lowest BCUT2D eigenvalue weighted by Crippen LogP contribution is -2.12. The molecule has 0 unspecified atom stereocenters. The third kappa shape index (κ3) is 5.02. The van der Waals surface area contributed by atoms with Crippen LogP contribution in [0.2, 0.25) is 0 Å². The third-order valence-electron chi connectivity index (χ3n) is 4.06. The zero-order valence-corrected chi connectivity index (χ0v) is 18.5. The average molecular weight is 431 g/mol. The first-order valence-corrected chi connectivity index (χ1v) is 10.5. The fourth-order valence-electron chi connectivity index (χ4n) is 2.81. The highest BCUT2D eigenvalue weighted by molar-refractivity contribution is 7.99. The van der Waals surface area contributed by atoms with E-state index < -0.39 is 0 Å². The van der Waals surface area contributed by atoms with E-state index in [1.54, 1.807) is 30.3 Å². The highest BCUT2D eigenvalue weighted by atomic mass is 32.2. The van der Waals surface area contributed by atoms with E-state index in [2.05, 4.69) is 0 Å². The molecule has 6 nitrogen and oxygen atoms in total. The molecule has 0 saturated carbocycles. The van der Waals surface area contributed by atoms with Crippen LogP contribution in [0.1, 0.15) is 27.7 Å². The molecule has 0 atom stereocenters. The maximum atomic E-state index is 13.0. The van der Waals surface area contributed by atoms with Gasteiger partial charge in [-0.1, -0.05) is 25.6 Å². The number of fused-ring (bicyclic) bond motifs is 1. The van der Waals surface area contributed by atoms with E-state index in [0.717, 1.165) is 4.90 Å². The summed E-state index contributed by atoms with van der Waals surface area (Å²) in [7, 11) is 1.52. The van der Waals surface area contributed by atoms with Crippen molar-refractivity contribution in [2.45, 2.75) is 43.8 Å². The topological polar surface area (TPSA) is 78.1 Å². The number of hydrogen-bond donors (Lipinski definition) is 1. The zero-order valence-electron chi connectivity index (χ0n) is 17.7. The summed E-state index contributed by atoms with van der Waals surface area (Å²) < 4.78 is 23.5. The number of phenols is 1. The Balaban J connectivity index is 2.14. The molecular formula is C23H26O6S. The van der Waals surface area contributed by atoms with Gasteiger partial charge in [0.15, 0.2) is 22.0 Å². The van der Waals surface area contributed by atoms with E-state index >= 15 is 0 Å². The zero-order chi connectivity index (χ0) is 21.8. The van der Waals surface area contributed by atoms with Crippen molar-refractivity contribution in [2.24, 2.45) is 5.92 Å². The van der Waals surface area contributed by atoms with Crippen LogP contribution < -0.4 is 19.6 Å². The molecule has 0 fully saturated rings. The molecule has 0 radical (unpaired) electrons. The molecule has 1 aromatic heterocycles. The van der Waals surface area contributed by atoms with E-state index in [1.165, 1.54) is 24.9 Å². The summed E-state index contributed by atoms with van der Waals surface area (Å²) in [6.07, 6.45) is -0.173. The van der Waals surface area contributed by atoms with Gasteiger partial charge in [0.1, 0.15) is 16.7 Å². The molecule has 3 aromatic rings. The van der Waals surface area contributed by atoms with Gasteiger partial charge in [-0.05, 0) is 44.0 Å². The molecule has 7 heteroatoms. The smallest absolute Gasteiger partial charge is 0.204 e. The van der Waals surface area contributed by atoms with E-state index in [-0.39, 0.29) is 17.3 Å². The Bertz CT molecular complexity index is 1070. The summed E-state index contributed by atoms with van der Waals surface area (Å²) in [6, 6.07) is 9.77. The van der Waals surface area contributed by atoms with Gasteiger partial charge in [-0.3, -0.25) is 4.79 Å². The Hall–Kier alpha value is -2.80. The third-order valence-corrected chi connectivity index (χ3v) is 4.97. The summed E-state index contributed by atoms with van der Waals surface area (Å²) in [4.78, 5) is 13.8. The van der Waals surface area contributed by atoms with Crippen LogP contribution in [0.5, 0.6) is 23.0 Å². The highest BCUT2D eigenvalue weighted by Crippen LogP contribution is 2.44. The van der Waals surface area contributed by atoms with E-state index in [9.17, 15) is 9.90 Å². The number of hydrogen-bond acceptors (Lipinski definition) is 7. The Morgan fingerprint density at radius 1 is 1.07 bits per heavy atom. The second-order valence-electron chi connectivity index (χ2n) is 7.51. The molecule has 0 aliphatic rings. The molecular weight excluding hydrogens is 404 g/mol. The molecule has 3 rings (SSSR count). The van der Waals surface area contributed by atoms with Crippen molar-refractivity contribution in [3.8, 4) is 23.0 Å². The van der Waals surface area contributed by atoms with Crippen molar-refractivity contribution in [3.63, 3.8) is 0 Å². The highest BCUT2D eigenvalue weighted by Gasteiger charge is 2.23. The predicted octanol–water partition coefficient (Wildman–Crippen LogP) is 5.48. The van der Waals surface area contributed by atoms with Crippen molar-refractivity contribution in [1.29, 1.82) is 0 Å². The van der Waals surface area contributed by atoms with Crippen molar-refractivity contribution in [3.05, 3.63) is 46.6 Å². The monoisotopic (exact) mass is 430 g/mol. The van der Waals surface area contributed by atoms with Crippen LogP contribution in [0.4, 0.5) is 0 Å².